The Morgan fingerprint density at radius 3 is 2.74 bits per heavy atom. The summed E-state index contributed by atoms with van der Waals surface area (Å²) < 4.78 is 7.48. The van der Waals surface area contributed by atoms with Gasteiger partial charge in [0.25, 0.3) is 0 Å². The molecule has 0 saturated carbocycles. The molecule has 1 fully saturated rings. The highest BCUT2D eigenvalue weighted by Crippen LogP contribution is 2.27. The molecule has 2 aromatic rings. The van der Waals surface area contributed by atoms with Gasteiger partial charge in [0.05, 0.1) is 32.0 Å². The van der Waals surface area contributed by atoms with Gasteiger partial charge in [-0.25, -0.2) is 0 Å². The van der Waals surface area contributed by atoms with E-state index in [1.165, 1.54) is 15.3 Å². The van der Waals surface area contributed by atoms with Gasteiger partial charge in [0.2, 0.25) is 0 Å². The molecule has 1 aliphatic rings. The number of aromatic nitrogens is 2. The number of aliphatic imine (C=N–C) groups is 1. The summed E-state index contributed by atoms with van der Waals surface area (Å²) in [5, 5.41) is 11.2. The summed E-state index contributed by atoms with van der Waals surface area (Å²) in [6, 6.07) is 4.78. The maximum atomic E-state index is 5.53. The van der Waals surface area contributed by atoms with Crippen molar-refractivity contribution in [2.24, 2.45) is 4.99 Å². The monoisotopic (exact) mass is 390 g/mol. The second-order valence-corrected chi connectivity index (χ2v) is 8.09. The molecule has 1 atom stereocenters. The minimum atomic E-state index is 0.333. The van der Waals surface area contributed by atoms with Crippen molar-refractivity contribution in [3.63, 3.8) is 0 Å². The first-order valence-electron chi connectivity index (χ1n) is 9.47. The van der Waals surface area contributed by atoms with Crippen LogP contribution >= 0.6 is 11.3 Å². The Labute approximate surface area is 165 Å². The number of rotatable bonds is 7. The molecule has 148 valence electrons. The van der Waals surface area contributed by atoms with E-state index < -0.39 is 0 Å². The molecule has 0 amide bonds. The molecule has 0 aromatic carbocycles. The zero-order valence-electron chi connectivity index (χ0n) is 16.4. The smallest absolute Gasteiger partial charge is 0.191 e. The lowest BCUT2D eigenvalue weighted by molar-refractivity contribution is 0.0177. The van der Waals surface area contributed by atoms with Crippen LogP contribution in [0.2, 0.25) is 0 Å². The fraction of sp³-hybridized carbons (Fsp3) is 0.579. The highest BCUT2D eigenvalue weighted by molar-refractivity contribution is 7.12. The fourth-order valence-electron chi connectivity index (χ4n) is 3.22. The molecule has 2 N–H and O–H groups in total. The highest BCUT2D eigenvalue weighted by Gasteiger charge is 2.24. The zero-order chi connectivity index (χ0) is 19.1. The Hall–Kier alpha value is -1.90. The van der Waals surface area contributed by atoms with Crippen LogP contribution in [0, 0.1) is 13.8 Å². The highest BCUT2D eigenvalue weighted by atomic mass is 32.1. The van der Waals surface area contributed by atoms with Gasteiger partial charge in [0.1, 0.15) is 0 Å². The third kappa shape index (κ3) is 5.79. The van der Waals surface area contributed by atoms with Gasteiger partial charge >= 0.3 is 0 Å². The molecular weight excluding hydrogens is 360 g/mol. The molecule has 0 bridgehead atoms. The van der Waals surface area contributed by atoms with Crippen molar-refractivity contribution in [1.82, 2.24) is 25.3 Å². The van der Waals surface area contributed by atoms with Crippen LogP contribution < -0.4 is 10.6 Å². The Kier molecular flexibility index (Phi) is 7.25. The lowest BCUT2D eigenvalue weighted by Crippen LogP contribution is -2.46. The number of thiophene rings is 1. The van der Waals surface area contributed by atoms with Gasteiger partial charge in [-0.15, -0.1) is 11.3 Å². The third-order valence-corrected chi connectivity index (χ3v) is 5.76. The van der Waals surface area contributed by atoms with Crippen LogP contribution in [0.25, 0.3) is 0 Å². The van der Waals surface area contributed by atoms with Gasteiger partial charge < -0.3 is 15.4 Å². The van der Waals surface area contributed by atoms with E-state index in [4.69, 9.17) is 4.74 Å². The first kappa shape index (κ1) is 19.9. The van der Waals surface area contributed by atoms with Crippen LogP contribution in [0.3, 0.4) is 0 Å². The number of ether oxygens (including phenoxy) is 1. The molecule has 27 heavy (non-hydrogen) atoms. The van der Waals surface area contributed by atoms with Crippen LogP contribution in [0.4, 0.5) is 0 Å². The van der Waals surface area contributed by atoms with Crippen molar-refractivity contribution in [3.8, 4) is 0 Å². The zero-order valence-corrected chi connectivity index (χ0v) is 17.3. The number of aryl methyl sites for hydroxylation is 2. The minimum absolute atomic E-state index is 0.333. The van der Waals surface area contributed by atoms with Gasteiger partial charge in [-0.3, -0.25) is 14.6 Å². The van der Waals surface area contributed by atoms with E-state index in [1.54, 1.807) is 0 Å². The predicted molar refractivity (Wildman–Crippen MR) is 111 cm³/mol. The molecule has 1 saturated heterocycles. The normalized spacial score (nSPS) is 17.1. The summed E-state index contributed by atoms with van der Waals surface area (Å²) >= 11 is 1.87. The van der Waals surface area contributed by atoms with Crippen LogP contribution in [-0.4, -0.2) is 67.1 Å². The molecule has 0 aliphatic carbocycles. The number of hydrogen-bond acceptors (Lipinski definition) is 5. The molecule has 8 heteroatoms. The summed E-state index contributed by atoms with van der Waals surface area (Å²) in [6.07, 6.45) is 3.93. The molecule has 0 spiro atoms. The Morgan fingerprint density at radius 2 is 2.11 bits per heavy atom. The standard InChI is InChI=1S/C19H30N6OS/c1-15-12-23-25(14-15)7-6-21-19(20-3)22-13-17(18-5-4-16(2)27-18)24-8-10-26-11-9-24/h4-5,12,14,17H,6-11,13H2,1-3H3,(H2,20,21,22). The number of morpholine rings is 1. The van der Waals surface area contributed by atoms with Gasteiger partial charge in [-0.2, -0.15) is 5.10 Å². The van der Waals surface area contributed by atoms with Gasteiger partial charge in [0, 0.05) is 49.2 Å². The second-order valence-electron chi connectivity index (χ2n) is 6.77. The second kappa shape index (κ2) is 9.87. The SMILES string of the molecule is CN=C(NCCn1cc(C)cn1)NCC(c1ccc(C)s1)N1CCOCC1. The van der Waals surface area contributed by atoms with Crippen molar-refractivity contribution < 1.29 is 4.74 Å². The molecular formula is C19H30N6OS. The van der Waals surface area contributed by atoms with Crippen molar-refractivity contribution in [1.29, 1.82) is 0 Å². The largest absolute Gasteiger partial charge is 0.379 e. The van der Waals surface area contributed by atoms with Crippen LogP contribution in [0.5, 0.6) is 0 Å². The lowest BCUT2D eigenvalue weighted by atomic mass is 10.2. The van der Waals surface area contributed by atoms with E-state index in [9.17, 15) is 0 Å². The van der Waals surface area contributed by atoms with E-state index in [0.29, 0.717) is 6.04 Å². The quantitative estimate of drug-likeness (QED) is 0.557. The van der Waals surface area contributed by atoms with Crippen molar-refractivity contribution >= 4 is 17.3 Å². The third-order valence-electron chi connectivity index (χ3n) is 4.66. The first-order chi connectivity index (χ1) is 13.2. The van der Waals surface area contributed by atoms with E-state index in [2.05, 4.69) is 51.6 Å². The Balaban J connectivity index is 1.54. The van der Waals surface area contributed by atoms with Crippen molar-refractivity contribution in [2.45, 2.75) is 26.4 Å². The first-order valence-corrected chi connectivity index (χ1v) is 10.3. The predicted octanol–water partition coefficient (Wildman–Crippen LogP) is 1.80. The van der Waals surface area contributed by atoms with Gasteiger partial charge in [0.15, 0.2) is 5.96 Å². The summed E-state index contributed by atoms with van der Waals surface area (Å²) in [4.78, 5) is 9.61. The maximum Gasteiger partial charge on any atom is 0.191 e. The molecule has 2 aromatic heterocycles. The lowest BCUT2D eigenvalue weighted by Gasteiger charge is -2.34. The average molecular weight is 391 g/mol. The average Bonchev–Trinajstić information content (AvgIpc) is 3.29. The van der Waals surface area contributed by atoms with Crippen molar-refractivity contribution in [3.05, 3.63) is 39.8 Å². The summed E-state index contributed by atoms with van der Waals surface area (Å²) in [6.45, 7) is 10.2. The maximum absolute atomic E-state index is 5.53. The molecule has 7 nitrogen and oxygen atoms in total. The number of nitrogens with zero attached hydrogens (tertiary/aromatic N) is 4. The minimum Gasteiger partial charge on any atom is -0.379 e. The number of nitrogens with one attached hydrogen (secondary N) is 2. The van der Waals surface area contributed by atoms with E-state index in [1.807, 2.05) is 35.5 Å². The van der Waals surface area contributed by atoms with Crippen LogP contribution in [-0.2, 0) is 11.3 Å². The topological polar surface area (TPSA) is 66.7 Å². The molecule has 1 unspecified atom stereocenters. The molecule has 3 heterocycles. The summed E-state index contributed by atoms with van der Waals surface area (Å²) in [5.74, 6) is 0.824. The Morgan fingerprint density at radius 1 is 1.30 bits per heavy atom. The molecule has 0 radical (unpaired) electrons. The van der Waals surface area contributed by atoms with Gasteiger partial charge in [-0.1, -0.05) is 0 Å². The van der Waals surface area contributed by atoms with Crippen LogP contribution in [0.15, 0.2) is 29.5 Å². The Bertz CT molecular complexity index is 734. The summed E-state index contributed by atoms with van der Waals surface area (Å²) in [5.41, 5.74) is 1.18. The van der Waals surface area contributed by atoms with Gasteiger partial charge in [-0.05, 0) is 31.5 Å². The number of hydrogen-bond donors (Lipinski definition) is 2. The molecule has 3 rings (SSSR count). The molecule has 1 aliphatic heterocycles. The number of guanidine groups is 1. The van der Waals surface area contributed by atoms with Crippen molar-refractivity contribution in [2.75, 3.05) is 46.4 Å². The van der Waals surface area contributed by atoms with E-state index in [0.717, 1.165) is 51.9 Å². The van der Waals surface area contributed by atoms with E-state index in [-0.39, 0.29) is 0 Å². The van der Waals surface area contributed by atoms with E-state index >= 15 is 0 Å². The van der Waals surface area contributed by atoms with Crippen LogP contribution in [0.1, 0.15) is 21.4 Å². The summed E-state index contributed by atoms with van der Waals surface area (Å²) in [7, 11) is 1.81. The fourth-order valence-corrected chi connectivity index (χ4v) is 4.24.